The Balaban J connectivity index is 1.84. The number of aromatic nitrogens is 4. The number of nitrogens with one attached hydrogen (secondary N) is 1. The van der Waals surface area contributed by atoms with Gasteiger partial charge >= 0.3 is 0 Å². The molecule has 5 nitrogen and oxygen atoms in total. The van der Waals surface area contributed by atoms with Crippen molar-refractivity contribution in [1.29, 1.82) is 0 Å². The van der Waals surface area contributed by atoms with E-state index in [0.29, 0.717) is 5.65 Å². The number of rotatable bonds is 4. The summed E-state index contributed by atoms with van der Waals surface area (Å²) in [5, 5.41) is 0.897. The van der Waals surface area contributed by atoms with Crippen LogP contribution in [0.5, 0.6) is 5.75 Å². The van der Waals surface area contributed by atoms with E-state index in [4.69, 9.17) is 4.74 Å². The van der Waals surface area contributed by atoms with Crippen LogP contribution in [0.1, 0.15) is 5.56 Å². The third kappa shape index (κ3) is 2.39. The van der Waals surface area contributed by atoms with Crippen molar-refractivity contribution in [2.75, 3.05) is 7.11 Å². The largest absolute Gasteiger partial charge is 0.496 e. The highest BCUT2D eigenvalue weighted by Gasteiger charge is 2.08. The molecule has 0 bridgehead atoms. The van der Waals surface area contributed by atoms with E-state index < -0.39 is 0 Å². The summed E-state index contributed by atoms with van der Waals surface area (Å²) < 4.78 is 5.34. The van der Waals surface area contributed by atoms with Crippen LogP contribution in [-0.2, 0) is 5.75 Å². The molecule has 96 valence electrons. The maximum absolute atomic E-state index is 5.34. The molecule has 0 spiro atoms. The van der Waals surface area contributed by atoms with Crippen molar-refractivity contribution < 1.29 is 4.74 Å². The minimum Gasteiger partial charge on any atom is -0.496 e. The Bertz CT molecular complexity index is 698. The number of nitrogens with zero attached hydrogens (tertiary/aromatic N) is 3. The van der Waals surface area contributed by atoms with Crippen molar-refractivity contribution in [3.63, 3.8) is 0 Å². The van der Waals surface area contributed by atoms with Crippen molar-refractivity contribution in [3.05, 3.63) is 42.5 Å². The third-order valence-electron chi connectivity index (χ3n) is 2.75. The molecule has 0 aliphatic heterocycles. The fourth-order valence-electron chi connectivity index (χ4n) is 1.82. The lowest BCUT2D eigenvalue weighted by Gasteiger charge is -2.07. The maximum Gasteiger partial charge on any atom is 0.181 e. The molecule has 0 radical (unpaired) electrons. The number of fused-ring (bicyclic) bond motifs is 1. The fourth-order valence-corrected chi connectivity index (χ4v) is 2.77. The van der Waals surface area contributed by atoms with Gasteiger partial charge in [0.05, 0.1) is 13.4 Å². The summed E-state index contributed by atoms with van der Waals surface area (Å²) in [4.78, 5) is 15.6. The lowest BCUT2D eigenvalue weighted by atomic mass is 10.2. The zero-order valence-electron chi connectivity index (χ0n) is 10.3. The smallest absolute Gasteiger partial charge is 0.181 e. The number of hydrogen-bond acceptors (Lipinski definition) is 5. The summed E-state index contributed by atoms with van der Waals surface area (Å²) >= 11 is 1.63. The quantitative estimate of drug-likeness (QED) is 0.584. The first-order valence-electron chi connectivity index (χ1n) is 5.77. The first kappa shape index (κ1) is 12.0. The summed E-state index contributed by atoms with van der Waals surface area (Å²) in [6.07, 6.45) is 3.17. The molecule has 0 unspecified atom stereocenters. The van der Waals surface area contributed by atoms with Gasteiger partial charge in [-0.05, 0) is 6.07 Å². The van der Waals surface area contributed by atoms with Crippen molar-refractivity contribution in [2.24, 2.45) is 0 Å². The lowest BCUT2D eigenvalue weighted by molar-refractivity contribution is 0.411. The highest BCUT2D eigenvalue weighted by atomic mass is 32.2. The molecule has 0 amide bonds. The number of aromatic amines is 1. The Kier molecular flexibility index (Phi) is 3.33. The van der Waals surface area contributed by atoms with Crippen LogP contribution in [0.15, 0.2) is 41.9 Å². The number of para-hydroxylation sites is 1. The highest BCUT2D eigenvalue weighted by Crippen LogP contribution is 2.29. The van der Waals surface area contributed by atoms with E-state index in [1.165, 1.54) is 6.33 Å². The predicted octanol–water partition coefficient (Wildman–Crippen LogP) is 2.65. The Labute approximate surface area is 114 Å². The minimum absolute atomic E-state index is 0.692. The number of thioether (sulfide) groups is 1. The van der Waals surface area contributed by atoms with Crippen LogP contribution >= 0.6 is 11.8 Å². The van der Waals surface area contributed by atoms with E-state index >= 15 is 0 Å². The standard InChI is InChI=1S/C13H12N4OS/c1-18-10-5-3-2-4-9(10)6-19-13-11-12(15-7-14-11)16-8-17-13/h2-5,7-8H,6H2,1H3,(H,14,15,16,17). The number of methoxy groups -OCH3 is 1. The molecule has 19 heavy (non-hydrogen) atoms. The van der Waals surface area contributed by atoms with Crippen molar-refractivity contribution in [1.82, 2.24) is 19.9 Å². The Morgan fingerprint density at radius 1 is 1.21 bits per heavy atom. The molecule has 0 atom stereocenters. The molecule has 2 heterocycles. The Morgan fingerprint density at radius 3 is 3.00 bits per heavy atom. The van der Waals surface area contributed by atoms with E-state index in [9.17, 15) is 0 Å². The molecule has 0 aliphatic carbocycles. The SMILES string of the molecule is COc1ccccc1CSc1ncnc2nc[nH]c12. The Hall–Kier alpha value is -2.08. The van der Waals surface area contributed by atoms with Crippen molar-refractivity contribution >= 4 is 22.9 Å². The minimum atomic E-state index is 0.692. The average Bonchev–Trinajstić information content (AvgIpc) is 2.94. The topological polar surface area (TPSA) is 63.7 Å². The summed E-state index contributed by atoms with van der Waals surface area (Å²) in [5.74, 6) is 1.68. The van der Waals surface area contributed by atoms with Gasteiger partial charge in [0.1, 0.15) is 22.6 Å². The van der Waals surface area contributed by atoms with Crippen LogP contribution in [0, 0.1) is 0 Å². The van der Waals surface area contributed by atoms with Gasteiger partial charge in [-0.1, -0.05) is 30.0 Å². The van der Waals surface area contributed by atoms with Gasteiger partial charge in [-0.3, -0.25) is 0 Å². The lowest BCUT2D eigenvalue weighted by Crippen LogP contribution is -1.91. The van der Waals surface area contributed by atoms with Crippen LogP contribution in [0.4, 0.5) is 0 Å². The first-order valence-corrected chi connectivity index (χ1v) is 6.76. The van der Waals surface area contributed by atoms with Gasteiger partial charge < -0.3 is 9.72 Å². The van der Waals surface area contributed by atoms with E-state index in [-0.39, 0.29) is 0 Å². The van der Waals surface area contributed by atoms with Crippen molar-refractivity contribution in [3.8, 4) is 5.75 Å². The van der Waals surface area contributed by atoms with Gasteiger partial charge in [0.2, 0.25) is 0 Å². The summed E-state index contributed by atoms with van der Waals surface area (Å²) in [5.41, 5.74) is 2.71. The van der Waals surface area contributed by atoms with E-state index in [0.717, 1.165) is 27.6 Å². The van der Waals surface area contributed by atoms with Crippen LogP contribution in [-0.4, -0.2) is 27.0 Å². The predicted molar refractivity (Wildman–Crippen MR) is 74.2 cm³/mol. The molecule has 0 saturated carbocycles. The number of H-pyrrole nitrogens is 1. The molecule has 1 aromatic carbocycles. The zero-order chi connectivity index (χ0) is 13.1. The van der Waals surface area contributed by atoms with Gasteiger partial charge in [-0.2, -0.15) is 0 Å². The number of ether oxygens (including phenoxy) is 1. The molecule has 2 aromatic heterocycles. The molecule has 0 fully saturated rings. The second-order valence-corrected chi connectivity index (χ2v) is 4.84. The summed E-state index contributed by atoms with van der Waals surface area (Å²) in [6.45, 7) is 0. The number of hydrogen-bond donors (Lipinski definition) is 1. The second kappa shape index (κ2) is 5.27. The van der Waals surface area contributed by atoms with Gasteiger partial charge in [-0.15, -0.1) is 0 Å². The second-order valence-electron chi connectivity index (χ2n) is 3.88. The summed E-state index contributed by atoms with van der Waals surface area (Å²) in [7, 11) is 1.68. The van der Waals surface area contributed by atoms with E-state index in [1.54, 1.807) is 25.2 Å². The molecule has 0 aliphatic rings. The van der Waals surface area contributed by atoms with Gasteiger partial charge in [0.25, 0.3) is 0 Å². The van der Waals surface area contributed by atoms with Crippen molar-refractivity contribution in [2.45, 2.75) is 10.8 Å². The van der Waals surface area contributed by atoms with E-state index in [1.807, 2.05) is 18.2 Å². The zero-order valence-corrected chi connectivity index (χ0v) is 11.1. The number of imidazole rings is 1. The highest BCUT2D eigenvalue weighted by molar-refractivity contribution is 7.98. The molecule has 3 rings (SSSR count). The maximum atomic E-state index is 5.34. The molecule has 0 saturated heterocycles. The van der Waals surface area contributed by atoms with Gasteiger partial charge in [0.15, 0.2) is 5.65 Å². The Morgan fingerprint density at radius 2 is 2.11 bits per heavy atom. The van der Waals surface area contributed by atoms with Gasteiger partial charge in [-0.25, -0.2) is 15.0 Å². The monoisotopic (exact) mass is 272 g/mol. The molecule has 1 N–H and O–H groups in total. The molecular formula is C13H12N4OS. The molecule has 3 aromatic rings. The third-order valence-corrected chi connectivity index (χ3v) is 3.78. The summed E-state index contributed by atoms with van der Waals surface area (Å²) in [6, 6.07) is 7.98. The molecule has 6 heteroatoms. The van der Waals surface area contributed by atoms with Crippen LogP contribution in [0.2, 0.25) is 0 Å². The number of benzene rings is 1. The fraction of sp³-hybridized carbons (Fsp3) is 0.154. The molecular weight excluding hydrogens is 260 g/mol. The normalized spacial score (nSPS) is 10.8. The van der Waals surface area contributed by atoms with Crippen LogP contribution in [0.3, 0.4) is 0 Å². The van der Waals surface area contributed by atoms with E-state index in [2.05, 4.69) is 26.0 Å². The average molecular weight is 272 g/mol. The first-order chi connectivity index (χ1) is 9.38. The van der Waals surface area contributed by atoms with Gasteiger partial charge in [0, 0.05) is 11.3 Å². The van der Waals surface area contributed by atoms with Crippen LogP contribution in [0.25, 0.3) is 11.2 Å². The van der Waals surface area contributed by atoms with Crippen LogP contribution < -0.4 is 4.74 Å².